The highest BCUT2D eigenvalue weighted by Crippen LogP contribution is 2.24. The van der Waals surface area contributed by atoms with Gasteiger partial charge in [-0.05, 0) is 51.5 Å². The van der Waals surface area contributed by atoms with E-state index in [0.29, 0.717) is 22.4 Å². The molecule has 1 fully saturated rings. The van der Waals surface area contributed by atoms with Gasteiger partial charge in [0.25, 0.3) is 11.5 Å². The zero-order valence-corrected chi connectivity index (χ0v) is 14.7. The molecular weight excluding hydrogens is 318 g/mol. The van der Waals surface area contributed by atoms with Crippen molar-refractivity contribution in [1.29, 1.82) is 0 Å². The largest absolute Gasteiger partial charge is 0.396 e. The number of carbonyl (C=O) groups excluding carboxylic acids is 1. The van der Waals surface area contributed by atoms with E-state index in [9.17, 15) is 14.7 Å². The molecule has 0 saturated heterocycles. The predicted molar refractivity (Wildman–Crippen MR) is 96.7 cm³/mol. The summed E-state index contributed by atoms with van der Waals surface area (Å²) in [6, 6.07) is 7.09. The van der Waals surface area contributed by atoms with Crippen molar-refractivity contribution in [1.82, 2.24) is 15.1 Å². The Morgan fingerprint density at radius 3 is 2.48 bits per heavy atom. The Balaban J connectivity index is 1.91. The van der Waals surface area contributed by atoms with Gasteiger partial charge in [-0.15, -0.1) is 0 Å². The number of benzene rings is 1. The topological polar surface area (TPSA) is 84.2 Å². The average Bonchev–Trinajstić information content (AvgIpc) is 2.62. The fourth-order valence-corrected chi connectivity index (χ4v) is 3.47. The van der Waals surface area contributed by atoms with Gasteiger partial charge in [0.2, 0.25) is 0 Å². The minimum atomic E-state index is -0.238. The smallest absolute Gasteiger partial charge is 0.274 e. The highest BCUT2D eigenvalue weighted by atomic mass is 16.3. The summed E-state index contributed by atoms with van der Waals surface area (Å²) in [5.74, 6) is 0.105. The molecule has 2 N–H and O–H groups in total. The van der Waals surface area contributed by atoms with E-state index in [1.807, 2.05) is 19.9 Å². The SMILES string of the molecule is CC(C)n1nc(C(=O)NC2CCC(CO)CC2)c2ccccc2c1=O. The Bertz CT molecular complexity index is 820. The monoisotopic (exact) mass is 343 g/mol. The van der Waals surface area contributed by atoms with Crippen molar-refractivity contribution in [2.75, 3.05) is 6.61 Å². The first-order valence-corrected chi connectivity index (χ1v) is 8.94. The standard InChI is InChI=1S/C19H25N3O3/c1-12(2)22-19(25)16-6-4-3-5-15(16)17(21-22)18(24)20-14-9-7-13(11-23)8-10-14/h3-6,12-14,23H,7-11H2,1-2H3,(H,20,24). The van der Waals surface area contributed by atoms with Crippen LogP contribution in [-0.4, -0.2) is 33.4 Å². The first-order valence-electron chi connectivity index (χ1n) is 8.94. The number of hydrogen-bond acceptors (Lipinski definition) is 4. The third-order valence-electron chi connectivity index (χ3n) is 4.97. The summed E-state index contributed by atoms with van der Waals surface area (Å²) < 4.78 is 1.37. The fraction of sp³-hybridized carbons (Fsp3) is 0.526. The zero-order valence-electron chi connectivity index (χ0n) is 14.7. The molecule has 25 heavy (non-hydrogen) atoms. The molecule has 0 bridgehead atoms. The second kappa shape index (κ2) is 7.35. The van der Waals surface area contributed by atoms with Crippen LogP contribution in [-0.2, 0) is 0 Å². The van der Waals surface area contributed by atoms with E-state index in [2.05, 4.69) is 10.4 Å². The first kappa shape index (κ1) is 17.6. The number of carbonyl (C=O) groups is 1. The number of amides is 1. The number of rotatable bonds is 4. The molecule has 1 aromatic heterocycles. The normalized spacial score (nSPS) is 20.8. The zero-order chi connectivity index (χ0) is 18.0. The van der Waals surface area contributed by atoms with Crippen LogP contribution in [0.15, 0.2) is 29.1 Å². The molecule has 1 amide bonds. The van der Waals surface area contributed by atoms with E-state index in [-0.39, 0.29) is 30.2 Å². The number of fused-ring (bicyclic) bond motifs is 1. The molecule has 2 aromatic rings. The second-order valence-electron chi connectivity index (χ2n) is 7.11. The lowest BCUT2D eigenvalue weighted by atomic mass is 9.86. The number of aromatic nitrogens is 2. The van der Waals surface area contributed by atoms with Gasteiger partial charge in [-0.2, -0.15) is 5.10 Å². The lowest BCUT2D eigenvalue weighted by Crippen LogP contribution is -2.39. The Labute approximate surface area is 146 Å². The van der Waals surface area contributed by atoms with E-state index in [0.717, 1.165) is 25.7 Å². The molecule has 134 valence electrons. The van der Waals surface area contributed by atoms with Crippen LogP contribution < -0.4 is 10.9 Å². The highest BCUT2D eigenvalue weighted by Gasteiger charge is 2.24. The Morgan fingerprint density at radius 2 is 1.88 bits per heavy atom. The van der Waals surface area contributed by atoms with Gasteiger partial charge in [0.1, 0.15) is 0 Å². The maximum Gasteiger partial charge on any atom is 0.274 e. The number of aliphatic hydroxyl groups excluding tert-OH is 1. The predicted octanol–water partition coefficient (Wildman–Crippen LogP) is 2.26. The van der Waals surface area contributed by atoms with Crippen LogP contribution >= 0.6 is 0 Å². The molecule has 0 atom stereocenters. The Kier molecular flexibility index (Phi) is 5.18. The molecule has 0 spiro atoms. The van der Waals surface area contributed by atoms with Gasteiger partial charge in [-0.1, -0.05) is 18.2 Å². The van der Waals surface area contributed by atoms with Gasteiger partial charge in [-0.25, -0.2) is 4.68 Å². The van der Waals surface area contributed by atoms with E-state index in [1.54, 1.807) is 18.2 Å². The summed E-state index contributed by atoms with van der Waals surface area (Å²) in [6.45, 7) is 3.97. The Hall–Kier alpha value is -2.21. The summed E-state index contributed by atoms with van der Waals surface area (Å²) in [5.41, 5.74) is 0.124. The van der Waals surface area contributed by atoms with Gasteiger partial charge in [0, 0.05) is 18.0 Å². The van der Waals surface area contributed by atoms with Gasteiger partial charge in [-0.3, -0.25) is 9.59 Å². The van der Waals surface area contributed by atoms with E-state index >= 15 is 0 Å². The van der Waals surface area contributed by atoms with Crippen molar-refractivity contribution in [2.24, 2.45) is 5.92 Å². The van der Waals surface area contributed by atoms with Crippen LogP contribution in [0.25, 0.3) is 10.8 Å². The quantitative estimate of drug-likeness (QED) is 0.892. The van der Waals surface area contributed by atoms with Crippen molar-refractivity contribution in [2.45, 2.75) is 51.6 Å². The van der Waals surface area contributed by atoms with Gasteiger partial charge < -0.3 is 10.4 Å². The molecule has 0 unspecified atom stereocenters. The van der Waals surface area contributed by atoms with Crippen LogP contribution in [0.4, 0.5) is 0 Å². The molecule has 1 saturated carbocycles. The van der Waals surface area contributed by atoms with Gasteiger partial charge >= 0.3 is 0 Å². The van der Waals surface area contributed by atoms with Crippen LogP contribution in [0, 0.1) is 5.92 Å². The summed E-state index contributed by atoms with van der Waals surface area (Å²) in [7, 11) is 0. The van der Waals surface area contributed by atoms with Crippen molar-refractivity contribution in [3.8, 4) is 0 Å². The number of nitrogens with one attached hydrogen (secondary N) is 1. The second-order valence-corrected chi connectivity index (χ2v) is 7.11. The highest BCUT2D eigenvalue weighted by molar-refractivity contribution is 6.04. The maximum atomic E-state index is 12.8. The molecule has 6 heteroatoms. The summed E-state index contributed by atoms with van der Waals surface area (Å²) in [5, 5.41) is 17.7. The first-order chi connectivity index (χ1) is 12.0. The Morgan fingerprint density at radius 1 is 1.24 bits per heavy atom. The van der Waals surface area contributed by atoms with Crippen LogP contribution in [0.5, 0.6) is 0 Å². The number of aliphatic hydroxyl groups is 1. The maximum absolute atomic E-state index is 12.8. The summed E-state index contributed by atoms with van der Waals surface area (Å²) in [4.78, 5) is 25.4. The van der Waals surface area contributed by atoms with Crippen LogP contribution in [0.3, 0.4) is 0 Å². The number of nitrogens with zero attached hydrogens (tertiary/aromatic N) is 2. The van der Waals surface area contributed by atoms with Crippen molar-refractivity contribution in [3.05, 3.63) is 40.3 Å². The third-order valence-corrected chi connectivity index (χ3v) is 4.97. The van der Waals surface area contributed by atoms with E-state index in [1.165, 1.54) is 4.68 Å². The van der Waals surface area contributed by atoms with E-state index in [4.69, 9.17) is 0 Å². The van der Waals surface area contributed by atoms with Crippen molar-refractivity contribution in [3.63, 3.8) is 0 Å². The lowest BCUT2D eigenvalue weighted by molar-refractivity contribution is 0.0908. The molecule has 0 radical (unpaired) electrons. The molecule has 0 aliphatic heterocycles. The van der Waals surface area contributed by atoms with Gasteiger partial charge in [0.15, 0.2) is 5.69 Å². The number of hydrogen-bond donors (Lipinski definition) is 2. The molecule has 1 aliphatic rings. The van der Waals surface area contributed by atoms with Crippen molar-refractivity contribution >= 4 is 16.7 Å². The lowest BCUT2D eigenvalue weighted by Gasteiger charge is -2.28. The molecule has 1 aliphatic carbocycles. The molecule has 1 heterocycles. The molecule has 3 rings (SSSR count). The fourth-order valence-electron chi connectivity index (χ4n) is 3.47. The summed E-state index contributed by atoms with van der Waals surface area (Å²) in [6.07, 6.45) is 3.56. The average molecular weight is 343 g/mol. The van der Waals surface area contributed by atoms with E-state index < -0.39 is 0 Å². The van der Waals surface area contributed by atoms with Crippen molar-refractivity contribution < 1.29 is 9.90 Å². The minimum Gasteiger partial charge on any atom is -0.396 e. The minimum absolute atomic E-state index is 0.0929. The van der Waals surface area contributed by atoms with Crippen LogP contribution in [0.1, 0.15) is 56.1 Å². The molecule has 6 nitrogen and oxygen atoms in total. The molecule has 1 aromatic carbocycles. The third kappa shape index (κ3) is 3.58. The summed E-state index contributed by atoms with van der Waals surface area (Å²) >= 11 is 0. The van der Waals surface area contributed by atoms with Crippen LogP contribution in [0.2, 0.25) is 0 Å². The van der Waals surface area contributed by atoms with Gasteiger partial charge in [0.05, 0.1) is 11.4 Å². The molecular formula is C19H25N3O3.